The SMILES string of the molecule is COCC1C(CI)CC(CI)C1C(=O)O. The third-order valence-corrected chi connectivity index (χ3v) is 5.48. The average Bonchev–Trinajstić information content (AvgIpc) is 2.56. The number of carboxylic acids is 1. The highest BCUT2D eigenvalue weighted by Crippen LogP contribution is 2.43. The van der Waals surface area contributed by atoms with Crippen LogP contribution in [0.15, 0.2) is 0 Å². The van der Waals surface area contributed by atoms with Crippen molar-refractivity contribution in [3.05, 3.63) is 0 Å². The van der Waals surface area contributed by atoms with E-state index in [1.165, 1.54) is 0 Å². The van der Waals surface area contributed by atoms with Gasteiger partial charge in [0.1, 0.15) is 0 Å². The first-order chi connectivity index (χ1) is 7.15. The maximum Gasteiger partial charge on any atom is 0.307 e. The van der Waals surface area contributed by atoms with Crippen molar-refractivity contribution >= 4 is 51.2 Å². The summed E-state index contributed by atoms with van der Waals surface area (Å²) in [6.07, 6.45) is 1.04. The van der Waals surface area contributed by atoms with Crippen LogP contribution in [-0.4, -0.2) is 33.6 Å². The Labute approximate surface area is 118 Å². The fraction of sp³-hybridized carbons (Fsp3) is 0.900. The Bertz CT molecular complexity index is 223. The molecule has 0 aromatic heterocycles. The molecule has 1 fully saturated rings. The summed E-state index contributed by atoms with van der Waals surface area (Å²) >= 11 is 4.65. The minimum Gasteiger partial charge on any atom is -0.481 e. The topological polar surface area (TPSA) is 46.5 Å². The van der Waals surface area contributed by atoms with Crippen molar-refractivity contribution in [1.82, 2.24) is 0 Å². The van der Waals surface area contributed by atoms with Gasteiger partial charge in [0.2, 0.25) is 0 Å². The number of carbonyl (C=O) groups is 1. The van der Waals surface area contributed by atoms with E-state index in [9.17, 15) is 9.90 Å². The smallest absolute Gasteiger partial charge is 0.307 e. The van der Waals surface area contributed by atoms with Crippen molar-refractivity contribution in [2.24, 2.45) is 23.7 Å². The molecular formula is C10H16I2O3. The predicted octanol–water partition coefficient (Wildman–Crippen LogP) is 2.46. The summed E-state index contributed by atoms with van der Waals surface area (Å²) in [7, 11) is 1.65. The number of rotatable bonds is 5. The summed E-state index contributed by atoms with van der Waals surface area (Å²) < 4.78 is 7.13. The number of ether oxygens (including phenoxy) is 1. The maximum absolute atomic E-state index is 11.3. The van der Waals surface area contributed by atoms with Gasteiger partial charge in [0.25, 0.3) is 0 Å². The molecule has 0 radical (unpaired) electrons. The Kier molecular flexibility index (Phi) is 6.12. The van der Waals surface area contributed by atoms with Gasteiger partial charge in [0, 0.05) is 16.0 Å². The standard InChI is InChI=1S/C10H16I2O3/c1-15-5-8-6(3-11)2-7(4-12)9(8)10(13)14/h6-9H,2-5H2,1H3,(H,13,14). The van der Waals surface area contributed by atoms with Gasteiger partial charge in [-0.2, -0.15) is 0 Å². The molecule has 0 bridgehead atoms. The number of alkyl halides is 2. The molecule has 3 nitrogen and oxygen atoms in total. The van der Waals surface area contributed by atoms with Crippen molar-refractivity contribution in [3.8, 4) is 0 Å². The van der Waals surface area contributed by atoms with Crippen LogP contribution in [0.1, 0.15) is 6.42 Å². The quantitative estimate of drug-likeness (QED) is 0.531. The molecule has 15 heavy (non-hydrogen) atoms. The van der Waals surface area contributed by atoms with E-state index >= 15 is 0 Å². The van der Waals surface area contributed by atoms with Crippen LogP contribution >= 0.6 is 45.2 Å². The molecule has 0 aromatic carbocycles. The largest absolute Gasteiger partial charge is 0.481 e. The second-order valence-electron chi connectivity index (χ2n) is 4.05. The molecule has 0 amide bonds. The highest BCUT2D eigenvalue weighted by molar-refractivity contribution is 14.1. The predicted molar refractivity (Wildman–Crippen MR) is 75.9 cm³/mol. The van der Waals surface area contributed by atoms with Crippen LogP contribution in [0.4, 0.5) is 0 Å². The third-order valence-electron chi connectivity index (χ3n) is 3.22. The molecule has 1 rings (SSSR count). The molecular weight excluding hydrogens is 422 g/mol. The first-order valence-electron chi connectivity index (χ1n) is 4.99. The van der Waals surface area contributed by atoms with E-state index in [-0.39, 0.29) is 11.8 Å². The van der Waals surface area contributed by atoms with E-state index < -0.39 is 5.97 Å². The molecule has 1 aliphatic carbocycles. The lowest BCUT2D eigenvalue weighted by Gasteiger charge is -2.21. The van der Waals surface area contributed by atoms with E-state index in [4.69, 9.17) is 4.74 Å². The molecule has 1 N–H and O–H groups in total. The van der Waals surface area contributed by atoms with Gasteiger partial charge in [-0.15, -0.1) is 0 Å². The zero-order valence-corrected chi connectivity index (χ0v) is 13.0. The highest BCUT2D eigenvalue weighted by Gasteiger charge is 2.45. The van der Waals surface area contributed by atoms with Gasteiger partial charge in [-0.1, -0.05) is 45.2 Å². The van der Waals surface area contributed by atoms with E-state index in [0.29, 0.717) is 18.4 Å². The number of hydrogen-bond donors (Lipinski definition) is 1. The lowest BCUT2D eigenvalue weighted by molar-refractivity contribution is -0.145. The zero-order chi connectivity index (χ0) is 11.4. The number of methoxy groups -OCH3 is 1. The number of aliphatic carboxylic acids is 1. The molecule has 0 spiro atoms. The molecule has 0 saturated heterocycles. The van der Waals surface area contributed by atoms with Gasteiger partial charge >= 0.3 is 5.97 Å². The van der Waals surface area contributed by atoms with Crippen LogP contribution in [-0.2, 0) is 9.53 Å². The second kappa shape index (κ2) is 6.58. The molecule has 4 atom stereocenters. The van der Waals surface area contributed by atoms with Crippen LogP contribution in [0.3, 0.4) is 0 Å². The van der Waals surface area contributed by atoms with Crippen molar-refractivity contribution < 1.29 is 14.6 Å². The molecule has 88 valence electrons. The van der Waals surface area contributed by atoms with E-state index in [1.807, 2.05) is 0 Å². The Hall–Kier alpha value is 0.890. The summed E-state index contributed by atoms with van der Waals surface area (Å²) in [5.41, 5.74) is 0. The summed E-state index contributed by atoms with van der Waals surface area (Å²) in [5, 5.41) is 9.26. The summed E-state index contributed by atoms with van der Waals surface area (Å²) in [6, 6.07) is 0. The molecule has 1 saturated carbocycles. The average molecular weight is 438 g/mol. The summed E-state index contributed by atoms with van der Waals surface area (Å²) in [5.74, 6) is 0.172. The number of carboxylic acid groups (broad SMARTS) is 1. The van der Waals surface area contributed by atoms with Gasteiger partial charge in [-0.05, 0) is 24.2 Å². The van der Waals surface area contributed by atoms with Crippen LogP contribution in [0, 0.1) is 23.7 Å². The molecule has 4 unspecified atom stereocenters. The molecule has 0 heterocycles. The minimum absolute atomic E-state index is 0.198. The minimum atomic E-state index is -0.647. The molecule has 5 heteroatoms. The summed E-state index contributed by atoms with van der Waals surface area (Å²) in [4.78, 5) is 11.3. The van der Waals surface area contributed by atoms with Crippen LogP contribution in [0.2, 0.25) is 0 Å². The molecule has 0 aromatic rings. The summed E-state index contributed by atoms with van der Waals surface area (Å²) in [6.45, 7) is 0.581. The second-order valence-corrected chi connectivity index (χ2v) is 5.81. The monoisotopic (exact) mass is 438 g/mol. The van der Waals surface area contributed by atoms with Crippen LogP contribution in [0.5, 0.6) is 0 Å². The fourth-order valence-electron chi connectivity index (χ4n) is 2.51. The van der Waals surface area contributed by atoms with Gasteiger partial charge in [-0.3, -0.25) is 4.79 Å². The Morgan fingerprint density at radius 2 is 2.00 bits per heavy atom. The van der Waals surface area contributed by atoms with Gasteiger partial charge in [0.15, 0.2) is 0 Å². The van der Waals surface area contributed by atoms with Crippen molar-refractivity contribution in [2.75, 3.05) is 22.6 Å². The molecule has 0 aliphatic heterocycles. The third kappa shape index (κ3) is 3.18. The lowest BCUT2D eigenvalue weighted by atomic mass is 9.89. The Morgan fingerprint density at radius 3 is 2.40 bits per heavy atom. The fourth-order valence-corrected chi connectivity index (χ4v) is 4.43. The first-order valence-corrected chi connectivity index (χ1v) is 8.04. The van der Waals surface area contributed by atoms with Crippen molar-refractivity contribution in [3.63, 3.8) is 0 Å². The lowest BCUT2D eigenvalue weighted by Crippen LogP contribution is -2.30. The van der Waals surface area contributed by atoms with E-state index in [0.717, 1.165) is 15.3 Å². The van der Waals surface area contributed by atoms with Crippen molar-refractivity contribution in [2.45, 2.75) is 6.42 Å². The van der Waals surface area contributed by atoms with E-state index in [2.05, 4.69) is 45.2 Å². The normalized spacial score (nSPS) is 35.7. The Balaban J connectivity index is 2.79. The highest BCUT2D eigenvalue weighted by atomic mass is 127. The maximum atomic E-state index is 11.3. The number of hydrogen-bond acceptors (Lipinski definition) is 2. The van der Waals surface area contributed by atoms with Gasteiger partial charge in [-0.25, -0.2) is 0 Å². The van der Waals surface area contributed by atoms with Crippen molar-refractivity contribution in [1.29, 1.82) is 0 Å². The van der Waals surface area contributed by atoms with Crippen LogP contribution in [0.25, 0.3) is 0 Å². The Morgan fingerprint density at radius 1 is 1.40 bits per heavy atom. The first kappa shape index (κ1) is 14.0. The van der Waals surface area contributed by atoms with Crippen LogP contribution < -0.4 is 0 Å². The van der Waals surface area contributed by atoms with E-state index in [1.54, 1.807) is 7.11 Å². The number of halogens is 2. The van der Waals surface area contributed by atoms with Gasteiger partial charge < -0.3 is 9.84 Å². The van der Waals surface area contributed by atoms with Gasteiger partial charge in [0.05, 0.1) is 12.5 Å². The zero-order valence-electron chi connectivity index (χ0n) is 8.66. The molecule has 1 aliphatic rings.